The van der Waals surface area contributed by atoms with Crippen LogP contribution in [0.5, 0.6) is 0 Å². The fourth-order valence-electron chi connectivity index (χ4n) is 12.3. The number of hydrogen-bond acceptors (Lipinski definition) is 23. The van der Waals surface area contributed by atoms with Gasteiger partial charge in [-0.3, -0.25) is 23.4 Å². The molecule has 2 aliphatic heterocycles. The second kappa shape index (κ2) is 54.1. The van der Waals surface area contributed by atoms with Gasteiger partial charge in [-0.15, -0.1) is 0 Å². The SMILES string of the molecule is CCCCCCCC/C=C\CCCCCC(=O)OCC(COP(=O)(O)OC1C(OC2OC(CO)C(O)C(O)C2O)C(O)C(O)C(O)C1OC1OC(COC(=O)CCCCCCCCCCCCCCCCC)C(O)C(O)C1O)OC(=O)CCCCC/C=C\CCCCCCCCC. The zero-order chi connectivity index (χ0) is 71.1. The fourth-order valence-corrected chi connectivity index (χ4v) is 13.2. The van der Waals surface area contributed by atoms with Crippen LogP contribution in [0, 0.1) is 0 Å². The molecule has 24 nitrogen and oxygen atoms in total. The van der Waals surface area contributed by atoms with Crippen molar-refractivity contribution in [3.05, 3.63) is 24.3 Å². The highest BCUT2D eigenvalue weighted by Crippen LogP contribution is 2.49. The van der Waals surface area contributed by atoms with Crippen molar-refractivity contribution in [2.75, 3.05) is 26.4 Å². The molecule has 0 aromatic heterocycles. The number of hydrogen-bond donors (Lipinski definition) is 11. The van der Waals surface area contributed by atoms with Gasteiger partial charge in [0.1, 0.15) is 98.7 Å². The molecule has 3 aliphatic rings. The molecule has 11 N–H and O–H groups in total. The Morgan fingerprint density at radius 3 is 1.12 bits per heavy atom. The van der Waals surface area contributed by atoms with Gasteiger partial charge >= 0.3 is 25.7 Å². The summed E-state index contributed by atoms with van der Waals surface area (Å²) in [5, 5.41) is 110. The maximum absolute atomic E-state index is 14.3. The van der Waals surface area contributed by atoms with Gasteiger partial charge in [-0.05, 0) is 70.6 Å². The van der Waals surface area contributed by atoms with Crippen molar-refractivity contribution in [3.63, 3.8) is 0 Å². The Hall–Kier alpha value is -2.56. The predicted molar refractivity (Wildman–Crippen MR) is 365 cm³/mol. The smallest absolute Gasteiger partial charge is 0.463 e. The van der Waals surface area contributed by atoms with Crippen molar-refractivity contribution in [2.45, 2.75) is 388 Å². The van der Waals surface area contributed by atoms with Crippen molar-refractivity contribution in [1.82, 2.24) is 0 Å². The third kappa shape index (κ3) is 37.4. The Kier molecular flexibility index (Phi) is 49.5. The standard InChI is InChI=1S/C72H131O24P/c1-4-7-10-13-16-19-22-25-27-30-32-35-38-41-44-47-57(75)89-52-55-60(78)62(80)67(85)72(93-55)95-69-65(83)63(81)64(82)68(94-71-66(84)61(79)59(77)54(49-73)92-71)70(69)96-97(86,87)90-51-53(50-88-56(74)46-43-40-37-34-31-28-24-21-18-15-12-9-6-3)91-58(76)48-45-42-39-36-33-29-26-23-20-17-14-11-8-5-2/h28-29,31,33,53-55,59-73,77-85H,4-27,30,32,34-52H2,1-3H3,(H,86,87)/b31-28-,33-29-. The molecule has 3 rings (SSSR count). The van der Waals surface area contributed by atoms with E-state index in [4.69, 9.17) is 42.2 Å². The summed E-state index contributed by atoms with van der Waals surface area (Å²) in [6.07, 6.45) is 14.0. The lowest BCUT2D eigenvalue weighted by atomic mass is 9.84. The topological polar surface area (TPSA) is 374 Å². The van der Waals surface area contributed by atoms with Gasteiger partial charge in [0.15, 0.2) is 18.7 Å². The minimum absolute atomic E-state index is 0.0222. The van der Waals surface area contributed by atoms with Gasteiger partial charge in [0.2, 0.25) is 0 Å². The Morgan fingerprint density at radius 2 is 0.722 bits per heavy atom. The molecule has 18 unspecified atom stereocenters. The summed E-state index contributed by atoms with van der Waals surface area (Å²) < 4.78 is 64.9. The van der Waals surface area contributed by atoms with E-state index in [2.05, 4.69) is 45.1 Å². The lowest BCUT2D eigenvalue weighted by Crippen LogP contribution is -2.69. The first-order chi connectivity index (χ1) is 46.8. The van der Waals surface area contributed by atoms with Crippen LogP contribution in [0.15, 0.2) is 24.3 Å². The van der Waals surface area contributed by atoms with E-state index in [0.29, 0.717) is 25.7 Å². The van der Waals surface area contributed by atoms with E-state index in [0.717, 1.165) is 89.9 Å². The first-order valence-electron chi connectivity index (χ1n) is 37.6. The maximum atomic E-state index is 14.3. The number of aliphatic hydroxyl groups is 10. The average Bonchev–Trinajstić information content (AvgIpc) is 0.763. The van der Waals surface area contributed by atoms with E-state index in [1.165, 1.54) is 128 Å². The van der Waals surface area contributed by atoms with Crippen molar-refractivity contribution < 1.29 is 117 Å². The van der Waals surface area contributed by atoms with Crippen molar-refractivity contribution in [2.24, 2.45) is 0 Å². The summed E-state index contributed by atoms with van der Waals surface area (Å²) in [7, 11) is -5.70. The molecule has 1 saturated carbocycles. The number of unbranched alkanes of at least 4 members (excludes halogenated alkanes) is 33. The van der Waals surface area contributed by atoms with Crippen molar-refractivity contribution >= 4 is 25.7 Å². The molecule has 0 radical (unpaired) electrons. The predicted octanol–water partition coefficient (Wildman–Crippen LogP) is 10.1. The quantitative estimate of drug-likeness (QED) is 0.00886. The molecule has 97 heavy (non-hydrogen) atoms. The van der Waals surface area contributed by atoms with Gasteiger partial charge < -0.3 is 89.1 Å². The van der Waals surface area contributed by atoms with Crippen LogP contribution in [0.1, 0.15) is 284 Å². The number of phosphoric ester groups is 1. The summed E-state index contributed by atoms with van der Waals surface area (Å²) >= 11 is 0. The average molecular weight is 1410 g/mol. The summed E-state index contributed by atoms with van der Waals surface area (Å²) in [5.41, 5.74) is 0. The molecular formula is C72H131O24P. The molecule has 0 spiro atoms. The number of esters is 3. The lowest BCUT2D eigenvalue weighted by molar-refractivity contribution is -0.360. The van der Waals surface area contributed by atoms with Gasteiger partial charge in [0.25, 0.3) is 0 Å². The van der Waals surface area contributed by atoms with Crippen LogP contribution >= 0.6 is 7.82 Å². The summed E-state index contributed by atoms with van der Waals surface area (Å²) in [6.45, 7) is 3.40. The Bertz CT molecular complexity index is 2110. The van der Waals surface area contributed by atoms with Gasteiger partial charge in [-0.1, -0.05) is 218 Å². The van der Waals surface area contributed by atoms with Gasteiger partial charge in [0, 0.05) is 19.3 Å². The number of ether oxygens (including phenoxy) is 7. The molecule has 0 bridgehead atoms. The molecule has 18 atom stereocenters. The van der Waals surface area contributed by atoms with E-state index >= 15 is 0 Å². The Labute approximate surface area is 579 Å². The summed E-state index contributed by atoms with van der Waals surface area (Å²) in [4.78, 5) is 50.9. The molecular weight excluding hydrogens is 1280 g/mol. The van der Waals surface area contributed by atoms with Crippen LogP contribution < -0.4 is 0 Å². The Balaban J connectivity index is 1.74. The number of allylic oxidation sites excluding steroid dienone is 4. The Morgan fingerprint density at radius 1 is 0.392 bits per heavy atom. The monoisotopic (exact) mass is 1410 g/mol. The summed E-state index contributed by atoms with van der Waals surface area (Å²) in [6, 6.07) is 0. The third-order valence-electron chi connectivity index (χ3n) is 18.5. The molecule has 0 aromatic rings. The van der Waals surface area contributed by atoms with Crippen LogP contribution in [0.25, 0.3) is 0 Å². The van der Waals surface area contributed by atoms with E-state index in [-0.39, 0.29) is 19.3 Å². The van der Waals surface area contributed by atoms with Gasteiger partial charge in [-0.25, -0.2) is 4.57 Å². The van der Waals surface area contributed by atoms with Crippen LogP contribution in [0.2, 0.25) is 0 Å². The molecule has 3 fully saturated rings. The van der Waals surface area contributed by atoms with Crippen LogP contribution in [-0.2, 0) is 61.2 Å². The van der Waals surface area contributed by atoms with E-state index in [1.807, 2.05) is 0 Å². The second-order valence-corrected chi connectivity index (χ2v) is 28.4. The molecule has 2 heterocycles. The highest BCUT2D eigenvalue weighted by molar-refractivity contribution is 7.47. The summed E-state index contributed by atoms with van der Waals surface area (Å²) in [5.74, 6) is -2.02. The minimum Gasteiger partial charge on any atom is -0.463 e. The van der Waals surface area contributed by atoms with Crippen molar-refractivity contribution in [3.8, 4) is 0 Å². The fraction of sp³-hybridized carbons (Fsp3) is 0.903. The maximum Gasteiger partial charge on any atom is 0.472 e. The molecule has 0 amide bonds. The number of carbonyl (C=O) groups is 3. The molecule has 25 heteroatoms. The number of rotatable bonds is 58. The largest absolute Gasteiger partial charge is 0.472 e. The third-order valence-corrected chi connectivity index (χ3v) is 19.4. The molecule has 1 aliphatic carbocycles. The number of carbonyl (C=O) groups excluding carboxylic acids is 3. The van der Waals surface area contributed by atoms with Gasteiger partial charge in [0.05, 0.1) is 13.2 Å². The van der Waals surface area contributed by atoms with Crippen LogP contribution in [0.3, 0.4) is 0 Å². The van der Waals surface area contributed by atoms with Crippen molar-refractivity contribution in [1.29, 1.82) is 0 Å². The molecule has 2 saturated heterocycles. The van der Waals surface area contributed by atoms with Crippen LogP contribution in [-0.4, -0.2) is 204 Å². The number of phosphoric acid groups is 1. The van der Waals surface area contributed by atoms with Gasteiger partial charge in [-0.2, -0.15) is 0 Å². The zero-order valence-electron chi connectivity index (χ0n) is 59.1. The first kappa shape index (κ1) is 88.7. The van der Waals surface area contributed by atoms with Crippen LogP contribution in [0.4, 0.5) is 0 Å². The first-order valence-corrected chi connectivity index (χ1v) is 39.1. The highest BCUT2D eigenvalue weighted by Gasteiger charge is 2.58. The normalized spacial score (nSPS) is 27.9. The van der Waals surface area contributed by atoms with E-state index < -0.39 is 156 Å². The highest BCUT2D eigenvalue weighted by atomic mass is 31.2. The minimum atomic E-state index is -5.70. The second-order valence-electron chi connectivity index (χ2n) is 27.0. The number of aliphatic hydroxyl groups excluding tert-OH is 10. The molecule has 568 valence electrons. The van der Waals surface area contributed by atoms with E-state index in [9.17, 15) is 74.9 Å². The molecule has 0 aromatic carbocycles. The lowest BCUT2D eigenvalue weighted by Gasteiger charge is -2.49. The van der Waals surface area contributed by atoms with E-state index in [1.54, 1.807) is 0 Å². The zero-order valence-corrected chi connectivity index (χ0v) is 60.0.